The zero-order chi connectivity index (χ0) is 13.4. The standard InChI is InChI=1S/C18H18S2/c1-3-7-15-13(5-1)9-11-17(15)19-20-18-12-10-14-6-2-4-8-16(14)18/h1-8,17-18H,9-12H2. The number of rotatable bonds is 3. The Morgan fingerprint density at radius 1 is 0.650 bits per heavy atom. The molecule has 0 nitrogen and oxygen atoms in total. The van der Waals surface area contributed by atoms with Crippen LogP contribution < -0.4 is 0 Å². The van der Waals surface area contributed by atoms with E-state index in [1.165, 1.54) is 25.7 Å². The van der Waals surface area contributed by atoms with Gasteiger partial charge in [-0.2, -0.15) is 0 Å². The molecular formula is C18H18S2. The summed E-state index contributed by atoms with van der Waals surface area (Å²) in [6.07, 6.45) is 5.14. The van der Waals surface area contributed by atoms with Gasteiger partial charge < -0.3 is 0 Å². The zero-order valence-corrected chi connectivity index (χ0v) is 13.1. The molecule has 102 valence electrons. The molecule has 2 aliphatic rings. The second-order valence-electron chi connectivity index (χ2n) is 5.64. The van der Waals surface area contributed by atoms with Gasteiger partial charge in [-0.05, 0) is 47.9 Å². The van der Waals surface area contributed by atoms with Crippen LogP contribution in [0.2, 0.25) is 0 Å². The molecule has 0 fully saturated rings. The van der Waals surface area contributed by atoms with Crippen molar-refractivity contribution in [1.82, 2.24) is 0 Å². The highest BCUT2D eigenvalue weighted by molar-refractivity contribution is 8.76. The van der Waals surface area contributed by atoms with E-state index >= 15 is 0 Å². The van der Waals surface area contributed by atoms with E-state index < -0.39 is 0 Å². The first kappa shape index (κ1) is 12.8. The molecule has 0 aliphatic heterocycles. The maximum absolute atomic E-state index is 2.32. The predicted octanol–water partition coefficient (Wildman–Crippen LogP) is 5.74. The third kappa shape index (κ3) is 2.29. The summed E-state index contributed by atoms with van der Waals surface area (Å²) in [5.41, 5.74) is 6.29. The molecule has 0 saturated heterocycles. The van der Waals surface area contributed by atoms with E-state index in [2.05, 4.69) is 70.1 Å². The molecule has 0 N–H and O–H groups in total. The van der Waals surface area contributed by atoms with E-state index in [4.69, 9.17) is 0 Å². The van der Waals surface area contributed by atoms with Crippen molar-refractivity contribution in [3.8, 4) is 0 Å². The van der Waals surface area contributed by atoms with Gasteiger partial charge in [0.15, 0.2) is 0 Å². The first-order valence-electron chi connectivity index (χ1n) is 7.39. The van der Waals surface area contributed by atoms with Crippen molar-refractivity contribution in [2.45, 2.75) is 36.2 Å². The van der Waals surface area contributed by atoms with Crippen LogP contribution in [0.3, 0.4) is 0 Å². The molecule has 0 spiro atoms. The van der Waals surface area contributed by atoms with Crippen molar-refractivity contribution >= 4 is 21.6 Å². The van der Waals surface area contributed by atoms with E-state index in [1.807, 2.05) is 0 Å². The van der Waals surface area contributed by atoms with E-state index in [9.17, 15) is 0 Å². The minimum Gasteiger partial charge on any atom is -0.0853 e. The lowest BCUT2D eigenvalue weighted by atomic mass is 10.1. The fourth-order valence-electron chi connectivity index (χ4n) is 3.37. The van der Waals surface area contributed by atoms with Crippen molar-refractivity contribution in [3.05, 3.63) is 70.8 Å². The second kappa shape index (κ2) is 5.50. The van der Waals surface area contributed by atoms with Crippen molar-refractivity contribution < 1.29 is 0 Å². The molecule has 20 heavy (non-hydrogen) atoms. The lowest BCUT2D eigenvalue weighted by molar-refractivity contribution is 0.889. The Bertz CT molecular complexity index is 565. The molecule has 4 rings (SSSR count). The molecule has 0 heterocycles. The quantitative estimate of drug-likeness (QED) is 0.662. The molecule has 0 amide bonds. The zero-order valence-electron chi connectivity index (χ0n) is 11.4. The van der Waals surface area contributed by atoms with E-state index in [0.717, 1.165) is 0 Å². The Hall–Kier alpha value is -0.860. The van der Waals surface area contributed by atoms with Crippen LogP contribution in [0.4, 0.5) is 0 Å². The smallest absolute Gasteiger partial charge is 0.0407 e. The first-order valence-corrected chi connectivity index (χ1v) is 9.67. The maximum Gasteiger partial charge on any atom is 0.0407 e. The fraction of sp³-hybridized carbons (Fsp3) is 0.333. The highest BCUT2D eigenvalue weighted by Gasteiger charge is 2.27. The number of fused-ring (bicyclic) bond motifs is 2. The second-order valence-corrected chi connectivity index (χ2v) is 8.32. The van der Waals surface area contributed by atoms with Gasteiger partial charge >= 0.3 is 0 Å². The molecule has 2 aromatic carbocycles. The summed E-state index contributed by atoms with van der Waals surface area (Å²) in [4.78, 5) is 0. The number of aryl methyl sites for hydroxylation is 2. The van der Waals surface area contributed by atoms with Crippen LogP contribution in [0.25, 0.3) is 0 Å². The van der Waals surface area contributed by atoms with Gasteiger partial charge in [-0.15, -0.1) is 0 Å². The molecule has 2 atom stereocenters. The van der Waals surface area contributed by atoms with Gasteiger partial charge in [0.25, 0.3) is 0 Å². The van der Waals surface area contributed by atoms with Crippen LogP contribution in [0.1, 0.15) is 45.6 Å². The van der Waals surface area contributed by atoms with Crippen LogP contribution in [0.5, 0.6) is 0 Å². The van der Waals surface area contributed by atoms with Crippen LogP contribution in [-0.2, 0) is 12.8 Å². The van der Waals surface area contributed by atoms with Gasteiger partial charge in [0.1, 0.15) is 0 Å². The maximum atomic E-state index is 2.32. The number of hydrogen-bond donors (Lipinski definition) is 0. The summed E-state index contributed by atoms with van der Waals surface area (Å²) in [6, 6.07) is 18.0. The van der Waals surface area contributed by atoms with Gasteiger partial charge in [-0.25, -0.2) is 0 Å². The Balaban J connectivity index is 1.45. The van der Waals surface area contributed by atoms with Crippen molar-refractivity contribution in [1.29, 1.82) is 0 Å². The Labute approximate surface area is 128 Å². The van der Waals surface area contributed by atoms with Gasteiger partial charge in [0, 0.05) is 10.5 Å². The summed E-state index contributed by atoms with van der Waals surface area (Å²) in [5, 5.41) is 1.40. The van der Waals surface area contributed by atoms with E-state index in [0.29, 0.717) is 10.5 Å². The summed E-state index contributed by atoms with van der Waals surface area (Å²) in [5.74, 6) is 0. The lowest BCUT2D eigenvalue weighted by Crippen LogP contribution is -1.89. The SMILES string of the molecule is c1ccc2c(c1)CCC2SSC1CCc2ccccc21. The Morgan fingerprint density at radius 2 is 1.10 bits per heavy atom. The van der Waals surface area contributed by atoms with Crippen molar-refractivity contribution in [3.63, 3.8) is 0 Å². The summed E-state index contributed by atoms with van der Waals surface area (Å²) in [6.45, 7) is 0. The summed E-state index contributed by atoms with van der Waals surface area (Å²) < 4.78 is 0. The Morgan fingerprint density at radius 3 is 1.60 bits per heavy atom. The highest BCUT2D eigenvalue weighted by atomic mass is 33.1. The topological polar surface area (TPSA) is 0 Å². The third-order valence-electron chi connectivity index (χ3n) is 4.44. The third-order valence-corrected chi connectivity index (χ3v) is 7.73. The van der Waals surface area contributed by atoms with Crippen LogP contribution in [-0.4, -0.2) is 0 Å². The molecule has 2 unspecified atom stereocenters. The number of hydrogen-bond acceptors (Lipinski definition) is 2. The lowest BCUT2D eigenvalue weighted by Gasteiger charge is -2.15. The van der Waals surface area contributed by atoms with Crippen LogP contribution in [0, 0.1) is 0 Å². The molecule has 2 aliphatic carbocycles. The monoisotopic (exact) mass is 298 g/mol. The molecular weight excluding hydrogens is 280 g/mol. The summed E-state index contributed by atoms with van der Waals surface area (Å²) >= 11 is 0. The molecule has 2 aromatic rings. The molecule has 0 saturated carbocycles. The van der Waals surface area contributed by atoms with Gasteiger partial charge in [-0.3, -0.25) is 0 Å². The minimum atomic E-state index is 0.698. The predicted molar refractivity (Wildman–Crippen MR) is 90.2 cm³/mol. The normalized spacial score (nSPS) is 23.6. The van der Waals surface area contributed by atoms with E-state index in [-0.39, 0.29) is 0 Å². The van der Waals surface area contributed by atoms with Gasteiger partial charge in [0.05, 0.1) is 0 Å². The fourth-order valence-corrected chi connectivity index (χ4v) is 6.74. The average molecular weight is 298 g/mol. The molecule has 0 bridgehead atoms. The molecule has 0 radical (unpaired) electrons. The van der Waals surface area contributed by atoms with Gasteiger partial charge in [-0.1, -0.05) is 70.1 Å². The van der Waals surface area contributed by atoms with E-state index in [1.54, 1.807) is 22.3 Å². The van der Waals surface area contributed by atoms with Crippen molar-refractivity contribution in [2.75, 3.05) is 0 Å². The average Bonchev–Trinajstić information content (AvgIpc) is 3.09. The minimum absolute atomic E-state index is 0.698. The first-order chi connectivity index (χ1) is 9.92. The molecule has 0 aromatic heterocycles. The highest BCUT2D eigenvalue weighted by Crippen LogP contribution is 2.54. The van der Waals surface area contributed by atoms with Crippen molar-refractivity contribution in [2.24, 2.45) is 0 Å². The summed E-state index contributed by atoms with van der Waals surface area (Å²) in [7, 11) is 4.21. The molecule has 2 heteroatoms. The van der Waals surface area contributed by atoms with Gasteiger partial charge in [0.2, 0.25) is 0 Å². The van der Waals surface area contributed by atoms with Crippen LogP contribution >= 0.6 is 21.6 Å². The largest absolute Gasteiger partial charge is 0.0853 e. The Kier molecular flexibility index (Phi) is 3.53. The number of benzene rings is 2. The van der Waals surface area contributed by atoms with Crippen LogP contribution in [0.15, 0.2) is 48.5 Å².